The van der Waals surface area contributed by atoms with Gasteiger partial charge in [0.15, 0.2) is 6.61 Å². The molecule has 0 spiro atoms. The lowest BCUT2D eigenvalue weighted by Gasteiger charge is -2.04. The molecule has 0 saturated carbocycles. The largest absolute Gasteiger partial charge is 0.482 e. The van der Waals surface area contributed by atoms with Gasteiger partial charge in [-0.2, -0.15) is 0 Å². The Hall–Kier alpha value is -3.41. The van der Waals surface area contributed by atoms with Crippen molar-refractivity contribution in [1.29, 1.82) is 0 Å². The summed E-state index contributed by atoms with van der Waals surface area (Å²) in [7, 11) is 0. The van der Waals surface area contributed by atoms with Gasteiger partial charge in [0.25, 0.3) is 0 Å². The Morgan fingerprint density at radius 1 is 1.12 bits per heavy atom. The van der Waals surface area contributed by atoms with Crippen molar-refractivity contribution in [3.63, 3.8) is 0 Å². The van der Waals surface area contributed by atoms with Gasteiger partial charge >= 0.3 is 11.9 Å². The summed E-state index contributed by atoms with van der Waals surface area (Å²) in [6.07, 6.45) is 1.67. The van der Waals surface area contributed by atoms with Crippen LogP contribution in [0.5, 0.6) is 5.75 Å². The summed E-state index contributed by atoms with van der Waals surface area (Å²) in [6.45, 7) is -0.405. The maximum absolute atomic E-state index is 11.9. The molecule has 24 heavy (non-hydrogen) atoms. The highest BCUT2D eigenvalue weighted by Gasteiger charge is 2.26. The first kappa shape index (κ1) is 15.5. The number of hydrogen-bond donors (Lipinski definition) is 1. The number of aliphatic carboxylic acids is 1. The minimum atomic E-state index is -1.04. The van der Waals surface area contributed by atoms with E-state index in [0.29, 0.717) is 17.0 Å². The van der Waals surface area contributed by atoms with Crippen LogP contribution >= 0.6 is 0 Å². The lowest BCUT2D eigenvalue weighted by atomic mass is 10.0. The first-order valence-corrected chi connectivity index (χ1v) is 7.15. The summed E-state index contributed by atoms with van der Waals surface area (Å²) in [5.41, 5.74) is 2.37. The number of hydrogen-bond acceptors (Lipinski definition) is 5. The second-order valence-corrected chi connectivity index (χ2v) is 4.99. The highest BCUT2D eigenvalue weighted by Crippen LogP contribution is 2.21. The Morgan fingerprint density at radius 3 is 2.50 bits per heavy atom. The van der Waals surface area contributed by atoms with Crippen LogP contribution in [-0.2, 0) is 14.4 Å². The van der Waals surface area contributed by atoms with Crippen LogP contribution in [0.25, 0.3) is 6.08 Å². The lowest BCUT2D eigenvalue weighted by Crippen LogP contribution is -2.09. The minimum Gasteiger partial charge on any atom is -0.482 e. The van der Waals surface area contributed by atoms with Crippen molar-refractivity contribution in [2.24, 2.45) is 5.16 Å². The standard InChI is InChI=1S/C18H13NO5/c20-16(21)11-23-14-8-6-12(7-9-14)10-15-17(19-24-18(15)22)13-4-2-1-3-5-13/h1-10H,11H2,(H,20,21)/b15-10-. The summed E-state index contributed by atoms with van der Waals surface area (Å²) in [5.74, 6) is -1.12. The maximum Gasteiger partial charge on any atom is 0.368 e. The van der Waals surface area contributed by atoms with Crippen molar-refractivity contribution in [3.8, 4) is 5.75 Å². The molecular formula is C18H13NO5. The number of nitrogens with zero attached hydrogens (tertiary/aromatic N) is 1. The van der Waals surface area contributed by atoms with Gasteiger partial charge in [-0.25, -0.2) is 9.59 Å². The predicted octanol–water partition coefficient (Wildman–Crippen LogP) is 2.49. The summed E-state index contributed by atoms with van der Waals surface area (Å²) in [6, 6.07) is 16.0. The van der Waals surface area contributed by atoms with E-state index in [-0.39, 0.29) is 0 Å². The zero-order valence-corrected chi connectivity index (χ0v) is 12.5. The Morgan fingerprint density at radius 2 is 1.83 bits per heavy atom. The monoisotopic (exact) mass is 323 g/mol. The van der Waals surface area contributed by atoms with E-state index in [0.717, 1.165) is 11.1 Å². The van der Waals surface area contributed by atoms with E-state index in [1.54, 1.807) is 30.3 Å². The molecule has 2 aromatic carbocycles. The molecule has 1 heterocycles. The van der Waals surface area contributed by atoms with Crippen LogP contribution in [0.1, 0.15) is 11.1 Å². The second kappa shape index (κ2) is 6.78. The SMILES string of the molecule is O=C(O)COc1ccc(/C=C2\C(=O)ON=C2c2ccccc2)cc1. The fourth-order valence-electron chi connectivity index (χ4n) is 2.19. The highest BCUT2D eigenvalue weighted by atomic mass is 16.7. The molecule has 6 heteroatoms. The third-order valence-corrected chi connectivity index (χ3v) is 3.30. The maximum atomic E-state index is 11.9. The van der Waals surface area contributed by atoms with Crippen molar-refractivity contribution in [2.75, 3.05) is 6.61 Å². The fraction of sp³-hybridized carbons (Fsp3) is 0.0556. The summed E-state index contributed by atoms with van der Waals surface area (Å²) < 4.78 is 5.07. The molecule has 3 rings (SSSR count). The van der Waals surface area contributed by atoms with Gasteiger partial charge in [0.1, 0.15) is 11.5 Å². The smallest absolute Gasteiger partial charge is 0.368 e. The number of oxime groups is 1. The molecule has 0 aliphatic carbocycles. The molecule has 1 aliphatic rings. The van der Waals surface area contributed by atoms with Crippen LogP contribution in [0.4, 0.5) is 0 Å². The third kappa shape index (κ3) is 3.49. The Bertz CT molecular complexity index is 822. The molecule has 0 aromatic heterocycles. The van der Waals surface area contributed by atoms with Gasteiger partial charge in [-0.3, -0.25) is 0 Å². The van der Waals surface area contributed by atoms with Gasteiger partial charge in [0.05, 0.1) is 5.57 Å². The molecule has 120 valence electrons. The molecule has 0 radical (unpaired) electrons. The zero-order valence-electron chi connectivity index (χ0n) is 12.5. The number of carbonyl (C=O) groups excluding carboxylic acids is 1. The van der Waals surface area contributed by atoms with E-state index >= 15 is 0 Å². The van der Waals surface area contributed by atoms with Crippen molar-refractivity contribution < 1.29 is 24.3 Å². The van der Waals surface area contributed by atoms with E-state index in [4.69, 9.17) is 14.7 Å². The van der Waals surface area contributed by atoms with E-state index < -0.39 is 18.5 Å². The normalized spacial score (nSPS) is 15.1. The zero-order chi connectivity index (χ0) is 16.9. The van der Waals surface area contributed by atoms with Gasteiger partial charge in [-0.05, 0) is 23.8 Å². The van der Waals surface area contributed by atoms with Crippen LogP contribution in [-0.4, -0.2) is 29.4 Å². The molecular weight excluding hydrogens is 310 g/mol. The lowest BCUT2D eigenvalue weighted by molar-refractivity contribution is -0.139. The Kier molecular flexibility index (Phi) is 4.38. The number of carboxylic acid groups (broad SMARTS) is 1. The topological polar surface area (TPSA) is 85.2 Å². The van der Waals surface area contributed by atoms with Crippen molar-refractivity contribution >= 4 is 23.7 Å². The molecule has 0 saturated heterocycles. The molecule has 1 aliphatic heterocycles. The summed E-state index contributed by atoms with van der Waals surface area (Å²) in [5, 5.41) is 12.4. The van der Waals surface area contributed by atoms with Gasteiger partial charge in [-0.1, -0.05) is 47.6 Å². The number of carboxylic acids is 1. The van der Waals surface area contributed by atoms with Crippen molar-refractivity contribution in [3.05, 3.63) is 71.3 Å². The van der Waals surface area contributed by atoms with E-state index in [1.165, 1.54) is 0 Å². The van der Waals surface area contributed by atoms with Crippen LogP contribution in [0.15, 0.2) is 65.3 Å². The molecule has 0 fully saturated rings. The number of carbonyl (C=O) groups is 2. The Balaban J connectivity index is 1.83. The molecule has 2 aromatic rings. The van der Waals surface area contributed by atoms with Gasteiger partial charge < -0.3 is 14.7 Å². The quantitative estimate of drug-likeness (QED) is 0.675. The predicted molar refractivity (Wildman–Crippen MR) is 86.6 cm³/mol. The van der Waals surface area contributed by atoms with Crippen LogP contribution in [0.3, 0.4) is 0 Å². The van der Waals surface area contributed by atoms with Crippen molar-refractivity contribution in [1.82, 2.24) is 0 Å². The first-order valence-electron chi connectivity index (χ1n) is 7.15. The third-order valence-electron chi connectivity index (χ3n) is 3.30. The number of ether oxygens (including phenoxy) is 1. The second-order valence-electron chi connectivity index (χ2n) is 4.99. The van der Waals surface area contributed by atoms with Gasteiger partial charge in [0, 0.05) is 5.56 Å². The van der Waals surface area contributed by atoms with E-state index in [9.17, 15) is 9.59 Å². The van der Waals surface area contributed by atoms with Crippen LogP contribution in [0.2, 0.25) is 0 Å². The van der Waals surface area contributed by atoms with Crippen molar-refractivity contribution in [2.45, 2.75) is 0 Å². The van der Waals surface area contributed by atoms with E-state index in [1.807, 2.05) is 30.3 Å². The molecule has 0 atom stereocenters. The molecule has 0 unspecified atom stereocenters. The average Bonchev–Trinajstić information content (AvgIpc) is 2.96. The van der Waals surface area contributed by atoms with Crippen LogP contribution < -0.4 is 4.74 Å². The molecule has 1 N–H and O–H groups in total. The van der Waals surface area contributed by atoms with Gasteiger partial charge in [0.2, 0.25) is 0 Å². The summed E-state index contributed by atoms with van der Waals surface area (Å²) >= 11 is 0. The molecule has 0 amide bonds. The first-order chi connectivity index (χ1) is 11.6. The molecule has 6 nitrogen and oxygen atoms in total. The highest BCUT2D eigenvalue weighted by molar-refractivity contribution is 6.31. The Labute approximate surface area is 137 Å². The summed E-state index contributed by atoms with van der Waals surface area (Å²) in [4.78, 5) is 27.2. The minimum absolute atomic E-state index is 0.361. The number of rotatable bonds is 5. The number of benzene rings is 2. The van der Waals surface area contributed by atoms with E-state index in [2.05, 4.69) is 5.16 Å². The average molecular weight is 323 g/mol. The van der Waals surface area contributed by atoms with Crippen LogP contribution in [0, 0.1) is 0 Å². The molecule has 0 bridgehead atoms. The fourth-order valence-corrected chi connectivity index (χ4v) is 2.19. The van der Waals surface area contributed by atoms with Gasteiger partial charge in [-0.15, -0.1) is 0 Å².